The third-order valence-corrected chi connectivity index (χ3v) is 6.71. The van der Waals surface area contributed by atoms with Crippen molar-refractivity contribution in [2.24, 2.45) is 5.92 Å². The zero-order chi connectivity index (χ0) is 23.3. The van der Waals surface area contributed by atoms with Gasteiger partial charge in [0.25, 0.3) is 5.92 Å². The van der Waals surface area contributed by atoms with Crippen molar-refractivity contribution in [1.82, 2.24) is 9.62 Å². The van der Waals surface area contributed by atoms with E-state index in [1.165, 1.54) is 11.0 Å². The monoisotopic (exact) mass is 470 g/mol. The first-order valence-corrected chi connectivity index (χ1v) is 12.0. The molecular weight excluding hydrogens is 448 g/mol. The van der Waals surface area contributed by atoms with Gasteiger partial charge in [0.05, 0.1) is 11.8 Å². The van der Waals surface area contributed by atoms with Crippen LogP contribution in [-0.2, 0) is 14.8 Å². The summed E-state index contributed by atoms with van der Waals surface area (Å²) >= 11 is 0. The number of amides is 1. The summed E-state index contributed by atoms with van der Waals surface area (Å²) in [4.78, 5) is 14.3. The Morgan fingerprint density at radius 1 is 1.09 bits per heavy atom. The van der Waals surface area contributed by atoms with Crippen LogP contribution in [0.2, 0.25) is 0 Å². The standard InChI is InChI=1S/C22H22F4N2O3S/c1-32(30,31)27-19-12-28(10-9-22(19,25)26)21(29)16-11-15(16)13-5-2-3-6-14(13)20-17(23)7-4-8-18(20)24/h2-8,15-16,19,27H,9-12H2,1H3. The quantitative estimate of drug-likeness (QED) is 0.680. The molecule has 4 rings (SSSR count). The van der Waals surface area contributed by atoms with Crippen LogP contribution >= 0.6 is 0 Å². The van der Waals surface area contributed by atoms with E-state index in [2.05, 4.69) is 0 Å². The summed E-state index contributed by atoms with van der Waals surface area (Å²) in [5, 5.41) is 0. The minimum atomic E-state index is -3.89. The minimum absolute atomic E-state index is 0.170. The molecule has 5 nitrogen and oxygen atoms in total. The van der Waals surface area contributed by atoms with Crippen molar-refractivity contribution in [1.29, 1.82) is 0 Å². The summed E-state index contributed by atoms with van der Waals surface area (Å²) < 4.78 is 81.9. The van der Waals surface area contributed by atoms with Gasteiger partial charge in [-0.2, -0.15) is 0 Å². The second-order valence-corrected chi connectivity index (χ2v) is 10.2. The molecule has 0 bridgehead atoms. The predicted molar refractivity (Wildman–Crippen MR) is 111 cm³/mol. The molecule has 32 heavy (non-hydrogen) atoms. The van der Waals surface area contributed by atoms with Crippen LogP contribution in [0.25, 0.3) is 11.1 Å². The Hall–Kier alpha value is -2.46. The maximum Gasteiger partial charge on any atom is 0.267 e. The second-order valence-electron chi connectivity index (χ2n) is 8.37. The number of benzene rings is 2. The maximum absolute atomic E-state index is 14.4. The van der Waals surface area contributed by atoms with Crippen LogP contribution in [0.15, 0.2) is 42.5 Å². The number of hydrogen-bond acceptors (Lipinski definition) is 3. The predicted octanol–water partition coefficient (Wildman–Crippen LogP) is 3.52. The highest BCUT2D eigenvalue weighted by molar-refractivity contribution is 7.88. The molecule has 1 aliphatic heterocycles. The lowest BCUT2D eigenvalue weighted by Gasteiger charge is -2.38. The molecule has 1 saturated heterocycles. The molecule has 0 spiro atoms. The molecule has 1 saturated carbocycles. The fourth-order valence-electron chi connectivity index (χ4n) is 4.33. The summed E-state index contributed by atoms with van der Waals surface area (Å²) in [6.45, 7) is -0.633. The van der Waals surface area contributed by atoms with Crippen LogP contribution in [0.3, 0.4) is 0 Å². The molecule has 3 atom stereocenters. The van der Waals surface area contributed by atoms with Crippen molar-refractivity contribution in [3.63, 3.8) is 0 Å². The highest BCUT2D eigenvalue weighted by atomic mass is 32.2. The summed E-state index contributed by atoms with van der Waals surface area (Å²) in [6.07, 6.45) is 0.558. The molecule has 1 N–H and O–H groups in total. The number of hydrogen-bond donors (Lipinski definition) is 1. The Bertz CT molecular complexity index is 1140. The van der Waals surface area contributed by atoms with E-state index in [9.17, 15) is 30.8 Å². The number of halogens is 4. The average Bonchev–Trinajstić information content (AvgIpc) is 3.49. The van der Waals surface area contributed by atoms with E-state index in [0.717, 1.165) is 18.4 Å². The molecule has 2 aromatic rings. The van der Waals surface area contributed by atoms with Crippen molar-refractivity contribution in [2.45, 2.75) is 30.7 Å². The lowest BCUT2D eigenvalue weighted by atomic mass is 9.94. The van der Waals surface area contributed by atoms with Gasteiger partial charge in [0.2, 0.25) is 15.9 Å². The average molecular weight is 470 g/mol. The van der Waals surface area contributed by atoms with E-state index in [4.69, 9.17) is 0 Å². The van der Waals surface area contributed by atoms with E-state index in [0.29, 0.717) is 17.5 Å². The number of nitrogens with one attached hydrogen (secondary N) is 1. The fraction of sp³-hybridized carbons (Fsp3) is 0.409. The Balaban J connectivity index is 1.54. The normalized spacial score (nSPS) is 24.9. The molecule has 3 unspecified atom stereocenters. The summed E-state index contributed by atoms with van der Waals surface area (Å²) in [5.41, 5.74) is 0.796. The molecule has 172 valence electrons. The lowest BCUT2D eigenvalue weighted by molar-refractivity contribution is -0.141. The lowest BCUT2D eigenvalue weighted by Crippen LogP contribution is -2.59. The smallest absolute Gasteiger partial charge is 0.267 e. The number of nitrogens with zero attached hydrogens (tertiary/aromatic N) is 1. The van der Waals surface area contributed by atoms with Gasteiger partial charge in [-0.15, -0.1) is 0 Å². The number of carbonyl (C=O) groups is 1. The SMILES string of the molecule is CS(=O)(=O)NC1CN(C(=O)C2CC2c2ccccc2-c2c(F)cccc2F)CCC1(F)F. The van der Waals surface area contributed by atoms with Gasteiger partial charge in [-0.25, -0.2) is 30.7 Å². The van der Waals surface area contributed by atoms with Crippen LogP contribution in [-0.4, -0.2) is 50.5 Å². The highest BCUT2D eigenvalue weighted by Gasteiger charge is 2.51. The Morgan fingerprint density at radius 2 is 1.75 bits per heavy atom. The minimum Gasteiger partial charge on any atom is -0.340 e. The van der Waals surface area contributed by atoms with Crippen molar-refractivity contribution in [3.05, 3.63) is 59.7 Å². The van der Waals surface area contributed by atoms with Gasteiger partial charge >= 0.3 is 0 Å². The van der Waals surface area contributed by atoms with Gasteiger partial charge in [-0.1, -0.05) is 30.3 Å². The van der Waals surface area contributed by atoms with Crippen LogP contribution in [0.1, 0.15) is 24.3 Å². The van der Waals surface area contributed by atoms with Gasteiger partial charge < -0.3 is 4.90 Å². The summed E-state index contributed by atoms with van der Waals surface area (Å²) in [7, 11) is -3.89. The fourth-order valence-corrected chi connectivity index (χ4v) is 5.10. The van der Waals surface area contributed by atoms with Crippen molar-refractivity contribution < 1.29 is 30.8 Å². The topological polar surface area (TPSA) is 66.5 Å². The van der Waals surface area contributed by atoms with Gasteiger partial charge in [-0.05, 0) is 35.6 Å². The zero-order valence-electron chi connectivity index (χ0n) is 17.2. The Labute approximate surface area is 183 Å². The van der Waals surface area contributed by atoms with E-state index < -0.39 is 52.5 Å². The van der Waals surface area contributed by atoms with Gasteiger partial charge in [0.1, 0.15) is 17.7 Å². The molecule has 10 heteroatoms. The first-order chi connectivity index (χ1) is 15.0. The van der Waals surface area contributed by atoms with Crippen molar-refractivity contribution in [2.75, 3.05) is 19.3 Å². The van der Waals surface area contributed by atoms with E-state index >= 15 is 0 Å². The van der Waals surface area contributed by atoms with Crippen LogP contribution in [0.5, 0.6) is 0 Å². The van der Waals surface area contributed by atoms with Crippen molar-refractivity contribution in [3.8, 4) is 11.1 Å². The molecule has 2 aromatic carbocycles. The molecule has 2 fully saturated rings. The molecule has 1 heterocycles. The number of alkyl halides is 2. The summed E-state index contributed by atoms with van der Waals surface area (Å²) in [6, 6.07) is 8.55. The van der Waals surface area contributed by atoms with E-state index in [1.54, 1.807) is 24.3 Å². The van der Waals surface area contributed by atoms with Crippen molar-refractivity contribution >= 4 is 15.9 Å². The van der Waals surface area contributed by atoms with Crippen LogP contribution in [0.4, 0.5) is 17.6 Å². The third kappa shape index (κ3) is 4.52. The number of likely N-dealkylation sites (tertiary alicyclic amines) is 1. The number of piperidine rings is 1. The molecule has 2 aliphatic rings. The van der Waals surface area contributed by atoms with E-state index in [-0.39, 0.29) is 23.9 Å². The van der Waals surface area contributed by atoms with Gasteiger partial charge in [0.15, 0.2) is 0 Å². The molecule has 0 radical (unpaired) electrons. The Morgan fingerprint density at radius 3 is 2.41 bits per heavy atom. The van der Waals surface area contributed by atoms with Crippen LogP contribution in [0, 0.1) is 17.6 Å². The van der Waals surface area contributed by atoms with Crippen LogP contribution < -0.4 is 4.72 Å². The maximum atomic E-state index is 14.4. The largest absolute Gasteiger partial charge is 0.340 e. The zero-order valence-corrected chi connectivity index (χ0v) is 18.0. The van der Waals surface area contributed by atoms with E-state index in [1.807, 2.05) is 4.72 Å². The van der Waals surface area contributed by atoms with Gasteiger partial charge in [-0.3, -0.25) is 4.79 Å². The molecule has 1 amide bonds. The third-order valence-electron chi connectivity index (χ3n) is 6.00. The second kappa shape index (κ2) is 8.15. The Kier molecular flexibility index (Phi) is 5.79. The summed E-state index contributed by atoms with van der Waals surface area (Å²) in [5.74, 6) is -5.88. The number of rotatable bonds is 5. The first-order valence-electron chi connectivity index (χ1n) is 10.1. The van der Waals surface area contributed by atoms with Gasteiger partial charge in [0, 0.05) is 25.4 Å². The highest BCUT2D eigenvalue weighted by Crippen LogP contribution is 2.52. The molecular formula is C22H22F4N2O3S. The number of carbonyl (C=O) groups excluding carboxylic acids is 1. The number of sulfonamides is 1. The first kappa shape index (κ1) is 22.7. The molecule has 0 aromatic heterocycles. The molecule has 1 aliphatic carbocycles.